The van der Waals surface area contributed by atoms with Crippen LogP contribution in [0, 0.1) is 0 Å². The van der Waals surface area contributed by atoms with Crippen molar-refractivity contribution < 1.29 is 4.79 Å². The van der Waals surface area contributed by atoms with Gasteiger partial charge in [-0.1, -0.05) is 25.3 Å². The van der Waals surface area contributed by atoms with E-state index in [1.807, 2.05) is 24.4 Å². The van der Waals surface area contributed by atoms with Crippen LogP contribution in [0.3, 0.4) is 0 Å². The number of amides is 1. The number of rotatable bonds is 3. The summed E-state index contributed by atoms with van der Waals surface area (Å²) in [6.45, 7) is 1.86. The molecule has 0 atom stereocenters. The highest BCUT2D eigenvalue weighted by Gasteiger charge is 2.36. The van der Waals surface area contributed by atoms with E-state index in [4.69, 9.17) is 5.73 Å². The van der Waals surface area contributed by atoms with E-state index in [1.165, 1.54) is 6.42 Å². The van der Waals surface area contributed by atoms with Crippen molar-refractivity contribution in [2.24, 2.45) is 5.73 Å². The summed E-state index contributed by atoms with van der Waals surface area (Å²) in [6.07, 6.45) is 8.73. The molecule has 2 fully saturated rings. The number of hydrogen-bond donors (Lipinski definition) is 2. The Morgan fingerprint density at radius 2 is 1.95 bits per heavy atom. The molecule has 1 aliphatic heterocycles. The third-order valence-corrected chi connectivity index (χ3v) is 5.00. The third kappa shape index (κ3) is 3.40. The standard InChI is InChI=1S/C17H26N4O/c18-17(9-3-1-4-10-17)16(22)20-14-7-12-21(13-8-14)15-6-2-5-11-19-15/h2,5-6,11,14H,1,3-4,7-10,12-13,18H2,(H,20,22). The molecule has 0 radical (unpaired) electrons. The maximum atomic E-state index is 12.5. The number of aromatic nitrogens is 1. The van der Waals surface area contributed by atoms with Gasteiger partial charge < -0.3 is 16.0 Å². The van der Waals surface area contributed by atoms with E-state index in [1.54, 1.807) is 0 Å². The molecule has 1 amide bonds. The molecule has 22 heavy (non-hydrogen) atoms. The van der Waals surface area contributed by atoms with Gasteiger partial charge in [-0.15, -0.1) is 0 Å². The number of carbonyl (C=O) groups excluding carboxylic acids is 1. The van der Waals surface area contributed by atoms with Crippen LogP contribution >= 0.6 is 0 Å². The first-order valence-electron chi connectivity index (χ1n) is 8.43. The van der Waals surface area contributed by atoms with Gasteiger partial charge in [0, 0.05) is 25.3 Å². The monoisotopic (exact) mass is 302 g/mol. The van der Waals surface area contributed by atoms with Gasteiger partial charge in [-0.3, -0.25) is 4.79 Å². The summed E-state index contributed by atoms with van der Waals surface area (Å²) in [5.41, 5.74) is 5.68. The number of hydrogen-bond acceptors (Lipinski definition) is 4. The van der Waals surface area contributed by atoms with E-state index in [2.05, 4.69) is 15.2 Å². The van der Waals surface area contributed by atoms with Crippen LogP contribution in [0.1, 0.15) is 44.9 Å². The smallest absolute Gasteiger partial charge is 0.240 e. The molecular weight excluding hydrogens is 276 g/mol. The average molecular weight is 302 g/mol. The van der Waals surface area contributed by atoms with Gasteiger partial charge in [0.1, 0.15) is 5.82 Å². The van der Waals surface area contributed by atoms with E-state index in [9.17, 15) is 4.79 Å². The minimum absolute atomic E-state index is 0.0588. The zero-order valence-corrected chi connectivity index (χ0v) is 13.1. The highest BCUT2D eigenvalue weighted by molar-refractivity contribution is 5.86. The molecule has 1 aromatic rings. The first kappa shape index (κ1) is 15.3. The third-order valence-electron chi connectivity index (χ3n) is 5.00. The molecule has 3 N–H and O–H groups in total. The van der Waals surface area contributed by atoms with Crippen LogP contribution in [0.4, 0.5) is 5.82 Å². The molecule has 1 aliphatic carbocycles. The molecular formula is C17H26N4O. The molecule has 1 aromatic heterocycles. The summed E-state index contributed by atoms with van der Waals surface area (Å²) >= 11 is 0. The number of nitrogens with zero attached hydrogens (tertiary/aromatic N) is 2. The summed E-state index contributed by atoms with van der Waals surface area (Å²) in [5.74, 6) is 1.08. The number of anilines is 1. The normalized spacial score (nSPS) is 22.3. The fourth-order valence-electron chi connectivity index (χ4n) is 3.53. The molecule has 120 valence electrons. The first-order chi connectivity index (χ1) is 10.7. The topological polar surface area (TPSA) is 71.2 Å². The van der Waals surface area contributed by atoms with Gasteiger partial charge in [-0.05, 0) is 37.8 Å². The SMILES string of the molecule is NC1(C(=O)NC2CCN(c3ccccn3)CC2)CCCCC1. The van der Waals surface area contributed by atoms with Gasteiger partial charge in [0.15, 0.2) is 0 Å². The molecule has 0 unspecified atom stereocenters. The summed E-state index contributed by atoms with van der Waals surface area (Å²) in [4.78, 5) is 19.1. The molecule has 3 rings (SSSR count). The Morgan fingerprint density at radius 3 is 2.59 bits per heavy atom. The van der Waals surface area contributed by atoms with Crippen molar-refractivity contribution in [2.45, 2.75) is 56.5 Å². The lowest BCUT2D eigenvalue weighted by Crippen LogP contribution is -2.58. The van der Waals surface area contributed by atoms with E-state index in [0.717, 1.165) is 57.4 Å². The zero-order valence-electron chi connectivity index (χ0n) is 13.1. The van der Waals surface area contributed by atoms with Crippen molar-refractivity contribution >= 4 is 11.7 Å². The Labute approximate surface area is 132 Å². The van der Waals surface area contributed by atoms with Gasteiger partial charge >= 0.3 is 0 Å². The molecule has 5 heteroatoms. The molecule has 0 spiro atoms. The van der Waals surface area contributed by atoms with Crippen molar-refractivity contribution in [3.05, 3.63) is 24.4 Å². The van der Waals surface area contributed by atoms with Crippen molar-refractivity contribution in [3.63, 3.8) is 0 Å². The van der Waals surface area contributed by atoms with Crippen molar-refractivity contribution in [2.75, 3.05) is 18.0 Å². The average Bonchev–Trinajstić information content (AvgIpc) is 2.57. The molecule has 1 saturated carbocycles. The fraction of sp³-hybridized carbons (Fsp3) is 0.647. The summed E-state index contributed by atoms with van der Waals surface area (Å²) in [6, 6.07) is 6.23. The van der Waals surface area contributed by atoms with E-state index in [0.29, 0.717) is 0 Å². The number of pyridine rings is 1. The lowest BCUT2D eigenvalue weighted by atomic mass is 9.81. The number of nitrogens with one attached hydrogen (secondary N) is 1. The minimum Gasteiger partial charge on any atom is -0.356 e. The molecule has 0 bridgehead atoms. The Balaban J connectivity index is 1.50. The van der Waals surface area contributed by atoms with Gasteiger partial charge in [-0.25, -0.2) is 4.98 Å². The van der Waals surface area contributed by atoms with Gasteiger partial charge in [0.2, 0.25) is 5.91 Å². The van der Waals surface area contributed by atoms with Crippen LogP contribution in [-0.2, 0) is 4.79 Å². The van der Waals surface area contributed by atoms with Gasteiger partial charge in [-0.2, -0.15) is 0 Å². The van der Waals surface area contributed by atoms with Crippen LogP contribution in [-0.4, -0.2) is 35.6 Å². The largest absolute Gasteiger partial charge is 0.356 e. The van der Waals surface area contributed by atoms with Crippen LogP contribution in [0.15, 0.2) is 24.4 Å². The Kier molecular flexibility index (Phi) is 4.62. The fourth-order valence-corrected chi connectivity index (χ4v) is 3.53. The zero-order chi connectivity index (χ0) is 15.4. The van der Waals surface area contributed by atoms with E-state index >= 15 is 0 Å². The van der Waals surface area contributed by atoms with E-state index < -0.39 is 5.54 Å². The molecule has 2 heterocycles. The molecule has 5 nitrogen and oxygen atoms in total. The lowest BCUT2D eigenvalue weighted by molar-refractivity contribution is -0.128. The van der Waals surface area contributed by atoms with Crippen LogP contribution in [0.25, 0.3) is 0 Å². The lowest BCUT2D eigenvalue weighted by Gasteiger charge is -2.37. The maximum absolute atomic E-state index is 12.5. The highest BCUT2D eigenvalue weighted by atomic mass is 16.2. The second-order valence-electron chi connectivity index (χ2n) is 6.64. The Hall–Kier alpha value is -1.62. The Bertz CT molecular complexity index is 491. The van der Waals surface area contributed by atoms with Gasteiger partial charge in [0.05, 0.1) is 5.54 Å². The molecule has 2 aliphatic rings. The highest BCUT2D eigenvalue weighted by Crippen LogP contribution is 2.26. The van der Waals surface area contributed by atoms with Gasteiger partial charge in [0.25, 0.3) is 0 Å². The van der Waals surface area contributed by atoms with Crippen LogP contribution in [0.2, 0.25) is 0 Å². The number of carbonyl (C=O) groups is 1. The Morgan fingerprint density at radius 1 is 1.23 bits per heavy atom. The first-order valence-corrected chi connectivity index (χ1v) is 8.43. The van der Waals surface area contributed by atoms with Crippen molar-refractivity contribution in [1.82, 2.24) is 10.3 Å². The van der Waals surface area contributed by atoms with E-state index in [-0.39, 0.29) is 11.9 Å². The van der Waals surface area contributed by atoms with Crippen LogP contribution in [0.5, 0.6) is 0 Å². The number of piperidine rings is 1. The number of nitrogens with two attached hydrogens (primary N) is 1. The predicted octanol–water partition coefficient (Wildman–Crippen LogP) is 1.83. The second kappa shape index (κ2) is 6.65. The summed E-state index contributed by atoms with van der Waals surface area (Å²) in [5, 5.41) is 3.19. The van der Waals surface area contributed by atoms with Crippen molar-refractivity contribution in [1.29, 1.82) is 0 Å². The molecule has 0 aromatic carbocycles. The predicted molar refractivity (Wildman–Crippen MR) is 87.6 cm³/mol. The maximum Gasteiger partial charge on any atom is 0.240 e. The summed E-state index contributed by atoms with van der Waals surface area (Å²) < 4.78 is 0. The van der Waals surface area contributed by atoms with Crippen LogP contribution < -0.4 is 16.0 Å². The summed E-state index contributed by atoms with van der Waals surface area (Å²) in [7, 11) is 0. The van der Waals surface area contributed by atoms with Crippen molar-refractivity contribution in [3.8, 4) is 0 Å². The minimum atomic E-state index is -0.629. The molecule has 1 saturated heterocycles. The quantitative estimate of drug-likeness (QED) is 0.893. The second-order valence-corrected chi connectivity index (χ2v) is 6.64.